The van der Waals surface area contributed by atoms with Crippen molar-refractivity contribution in [2.75, 3.05) is 6.61 Å². The fraction of sp³-hybridized carbons (Fsp3) is 0.200. The average Bonchev–Trinajstić information content (AvgIpc) is 2.86. The molecular weight excluding hydrogens is 312 g/mol. The lowest BCUT2D eigenvalue weighted by Gasteiger charge is -2.12. The Bertz CT molecular complexity index is 565. The highest BCUT2D eigenvalue weighted by Gasteiger charge is 2.16. The lowest BCUT2D eigenvalue weighted by molar-refractivity contribution is 0.357. The van der Waals surface area contributed by atoms with E-state index in [1.807, 2.05) is 24.3 Å². The Hall–Kier alpha value is -0.990. The van der Waals surface area contributed by atoms with Crippen LogP contribution in [0, 0.1) is 0 Å². The van der Waals surface area contributed by atoms with Crippen molar-refractivity contribution < 1.29 is 4.74 Å². The van der Waals surface area contributed by atoms with E-state index in [9.17, 15) is 0 Å². The van der Waals surface area contributed by atoms with Gasteiger partial charge in [-0.05, 0) is 34.9 Å². The highest BCUT2D eigenvalue weighted by atomic mass is 79.9. The van der Waals surface area contributed by atoms with Gasteiger partial charge in [-0.1, -0.05) is 51.8 Å². The van der Waals surface area contributed by atoms with Crippen LogP contribution in [0.25, 0.3) is 0 Å². The molecule has 0 radical (unpaired) electrons. The summed E-state index contributed by atoms with van der Waals surface area (Å²) in [6.07, 6.45) is 1.00. The quantitative estimate of drug-likeness (QED) is 0.724. The first kappa shape index (κ1) is 12.1. The molecule has 18 heavy (non-hydrogen) atoms. The van der Waals surface area contributed by atoms with Gasteiger partial charge in [0.2, 0.25) is 0 Å². The topological polar surface area (TPSA) is 9.23 Å². The SMILES string of the molecule is Clc1ccc(C(Br)c2ccc3c(c2)CCO3)cc1. The molecule has 0 spiro atoms. The van der Waals surface area contributed by atoms with Crippen LogP contribution in [0.1, 0.15) is 21.5 Å². The summed E-state index contributed by atoms with van der Waals surface area (Å²) in [6, 6.07) is 14.3. The molecule has 0 amide bonds. The molecule has 0 aliphatic carbocycles. The van der Waals surface area contributed by atoms with Gasteiger partial charge in [-0.2, -0.15) is 0 Å². The maximum absolute atomic E-state index is 5.91. The molecule has 1 aliphatic heterocycles. The van der Waals surface area contributed by atoms with Gasteiger partial charge in [-0.25, -0.2) is 0 Å². The van der Waals surface area contributed by atoms with E-state index in [-0.39, 0.29) is 4.83 Å². The number of rotatable bonds is 2. The Morgan fingerprint density at radius 2 is 1.78 bits per heavy atom. The Morgan fingerprint density at radius 1 is 1.06 bits per heavy atom. The zero-order valence-electron chi connectivity index (χ0n) is 9.70. The summed E-state index contributed by atoms with van der Waals surface area (Å²) in [5.74, 6) is 1.02. The number of halogens is 2. The van der Waals surface area contributed by atoms with Crippen molar-refractivity contribution in [3.63, 3.8) is 0 Å². The van der Waals surface area contributed by atoms with Gasteiger partial charge in [0, 0.05) is 11.4 Å². The predicted octanol–water partition coefficient (Wildman–Crippen LogP) is 4.76. The van der Waals surface area contributed by atoms with E-state index < -0.39 is 0 Å². The van der Waals surface area contributed by atoms with Crippen molar-refractivity contribution in [3.8, 4) is 5.75 Å². The lowest BCUT2D eigenvalue weighted by atomic mass is 10.0. The van der Waals surface area contributed by atoms with E-state index in [1.54, 1.807) is 0 Å². The molecule has 0 fully saturated rings. The molecule has 0 N–H and O–H groups in total. The zero-order valence-corrected chi connectivity index (χ0v) is 12.0. The molecule has 1 atom stereocenters. The summed E-state index contributed by atoms with van der Waals surface area (Å²) in [5.41, 5.74) is 3.76. The second-order valence-corrected chi connectivity index (χ2v) is 5.73. The number of ether oxygens (including phenoxy) is 1. The summed E-state index contributed by atoms with van der Waals surface area (Å²) in [7, 11) is 0. The second-order valence-electron chi connectivity index (χ2n) is 4.38. The van der Waals surface area contributed by atoms with Crippen molar-refractivity contribution in [1.29, 1.82) is 0 Å². The van der Waals surface area contributed by atoms with Crippen molar-refractivity contribution in [1.82, 2.24) is 0 Å². The third kappa shape index (κ3) is 2.27. The van der Waals surface area contributed by atoms with Crippen LogP contribution in [0.5, 0.6) is 5.75 Å². The molecule has 0 saturated carbocycles. The third-order valence-corrected chi connectivity index (χ3v) is 4.48. The van der Waals surface area contributed by atoms with E-state index in [0.29, 0.717) is 0 Å². The minimum absolute atomic E-state index is 0.195. The van der Waals surface area contributed by atoms with Crippen LogP contribution in [-0.4, -0.2) is 6.61 Å². The van der Waals surface area contributed by atoms with Crippen molar-refractivity contribution >= 4 is 27.5 Å². The van der Waals surface area contributed by atoms with E-state index in [0.717, 1.165) is 23.8 Å². The summed E-state index contributed by atoms with van der Waals surface area (Å²) < 4.78 is 5.52. The largest absolute Gasteiger partial charge is 0.493 e. The predicted molar refractivity (Wildman–Crippen MR) is 77.9 cm³/mol. The summed E-state index contributed by atoms with van der Waals surface area (Å²) in [6.45, 7) is 0.798. The van der Waals surface area contributed by atoms with E-state index in [4.69, 9.17) is 16.3 Å². The fourth-order valence-corrected chi connectivity index (χ4v) is 2.90. The third-order valence-electron chi connectivity index (χ3n) is 3.17. The molecule has 92 valence electrons. The minimum atomic E-state index is 0.195. The van der Waals surface area contributed by atoms with Gasteiger partial charge in [0.25, 0.3) is 0 Å². The van der Waals surface area contributed by atoms with Crippen LogP contribution < -0.4 is 4.74 Å². The van der Waals surface area contributed by atoms with Gasteiger partial charge in [-0.15, -0.1) is 0 Å². The first-order chi connectivity index (χ1) is 8.74. The molecule has 3 heteroatoms. The van der Waals surface area contributed by atoms with Gasteiger partial charge >= 0.3 is 0 Å². The first-order valence-corrected chi connectivity index (χ1v) is 7.18. The maximum atomic E-state index is 5.91. The van der Waals surface area contributed by atoms with Crippen molar-refractivity contribution in [3.05, 3.63) is 64.2 Å². The van der Waals surface area contributed by atoms with Crippen LogP contribution in [0.2, 0.25) is 5.02 Å². The molecule has 1 heterocycles. The van der Waals surface area contributed by atoms with Crippen LogP contribution in [0.4, 0.5) is 0 Å². The molecule has 0 saturated heterocycles. The number of fused-ring (bicyclic) bond motifs is 1. The van der Waals surface area contributed by atoms with E-state index in [1.165, 1.54) is 16.7 Å². The second kappa shape index (κ2) is 4.94. The lowest BCUT2D eigenvalue weighted by Crippen LogP contribution is -1.93. The first-order valence-electron chi connectivity index (χ1n) is 5.89. The van der Waals surface area contributed by atoms with Gasteiger partial charge in [0.05, 0.1) is 11.4 Å². The molecule has 1 unspecified atom stereocenters. The number of alkyl halides is 1. The van der Waals surface area contributed by atoms with Crippen LogP contribution >= 0.6 is 27.5 Å². The standard InChI is InChI=1S/C15H12BrClO/c16-15(10-1-4-13(17)5-2-10)12-3-6-14-11(9-12)7-8-18-14/h1-6,9,15H,7-8H2. The van der Waals surface area contributed by atoms with Gasteiger partial charge < -0.3 is 4.74 Å². The minimum Gasteiger partial charge on any atom is -0.493 e. The summed E-state index contributed by atoms with van der Waals surface area (Å²) >= 11 is 9.65. The van der Waals surface area contributed by atoms with E-state index in [2.05, 4.69) is 34.1 Å². The van der Waals surface area contributed by atoms with Crippen LogP contribution in [0.3, 0.4) is 0 Å². The Labute approximate surface area is 120 Å². The zero-order chi connectivity index (χ0) is 12.5. The monoisotopic (exact) mass is 322 g/mol. The molecule has 2 aromatic rings. The molecule has 0 aromatic heterocycles. The highest BCUT2D eigenvalue weighted by molar-refractivity contribution is 9.09. The fourth-order valence-electron chi connectivity index (χ4n) is 2.19. The molecule has 1 nitrogen and oxygen atoms in total. The average molecular weight is 324 g/mol. The smallest absolute Gasteiger partial charge is 0.122 e. The Kier molecular flexibility index (Phi) is 3.31. The molecule has 2 aromatic carbocycles. The van der Waals surface area contributed by atoms with Crippen molar-refractivity contribution in [2.45, 2.75) is 11.2 Å². The molecule has 3 rings (SSSR count). The van der Waals surface area contributed by atoms with Crippen LogP contribution in [-0.2, 0) is 6.42 Å². The van der Waals surface area contributed by atoms with Crippen molar-refractivity contribution in [2.24, 2.45) is 0 Å². The summed E-state index contributed by atoms with van der Waals surface area (Å²) in [5, 5.41) is 0.765. The highest BCUT2D eigenvalue weighted by Crippen LogP contribution is 2.35. The van der Waals surface area contributed by atoms with Gasteiger partial charge in [0.15, 0.2) is 0 Å². The van der Waals surface area contributed by atoms with Crippen LogP contribution in [0.15, 0.2) is 42.5 Å². The maximum Gasteiger partial charge on any atom is 0.122 e. The van der Waals surface area contributed by atoms with Gasteiger partial charge in [-0.3, -0.25) is 0 Å². The Balaban J connectivity index is 1.92. The number of benzene rings is 2. The van der Waals surface area contributed by atoms with E-state index >= 15 is 0 Å². The van der Waals surface area contributed by atoms with Gasteiger partial charge in [0.1, 0.15) is 5.75 Å². The molecule has 0 bridgehead atoms. The number of hydrogen-bond donors (Lipinski definition) is 0. The molecular formula is C15H12BrClO. The summed E-state index contributed by atoms with van der Waals surface area (Å²) in [4.78, 5) is 0.195. The number of hydrogen-bond acceptors (Lipinski definition) is 1. The Morgan fingerprint density at radius 3 is 2.56 bits per heavy atom. The molecule has 1 aliphatic rings. The normalized spacial score (nSPS) is 15.0.